The largest absolute Gasteiger partial charge is 0.506 e. The highest BCUT2D eigenvalue weighted by Crippen LogP contribution is 2.43. The molecule has 0 fully saturated rings. The van der Waals surface area contributed by atoms with Crippen LogP contribution in [0.5, 0.6) is 5.75 Å². The van der Waals surface area contributed by atoms with Gasteiger partial charge in [0.1, 0.15) is 15.5 Å². The third-order valence-electron chi connectivity index (χ3n) is 4.93. The van der Waals surface area contributed by atoms with Gasteiger partial charge in [-0.2, -0.15) is 0 Å². The Hall–Kier alpha value is -3.68. The Bertz CT molecular complexity index is 1300. The number of carboxylic acid groups (broad SMARTS) is 1. The first-order chi connectivity index (χ1) is 15.0. The number of ketones is 1. The number of aromatic amines is 1. The molecule has 0 amide bonds. The van der Waals surface area contributed by atoms with Crippen molar-refractivity contribution in [3.63, 3.8) is 0 Å². The molecule has 0 aliphatic heterocycles. The number of thiophene rings is 1. The third-order valence-corrected chi connectivity index (χ3v) is 6.10. The lowest BCUT2D eigenvalue weighted by molar-refractivity contribution is 0.0702. The van der Waals surface area contributed by atoms with Gasteiger partial charge in [0, 0.05) is 29.3 Å². The summed E-state index contributed by atoms with van der Waals surface area (Å²) in [6, 6.07) is 14.2. The van der Waals surface area contributed by atoms with Gasteiger partial charge in [-0.25, -0.2) is 4.79 Å². The number of carbonyl (C=O) groups excluding carboxylic acids is 1. The van der Waals surface area contributed by atoms with Crippen molar-refractivity contribution in [3.05, 3.63) is 81.7 Å². The maximum absolute atomic E-state index is 13.3. The number of fused-ring (bicyclic) bond motifs is 1. The van der Waals surface area contributed by atoms with Crippen LogP contribution >= 0.6 is 11.3 Å². The van der Waals surface area contributed by atoms with E-state index in [1.165, 1.54) is 0 Å². The number of rotatable bonds is 7. The first kappa shape index (κ1) is 20.6. The Kier molecular flexibility index (Phi) is 5.70. The number of aliphatic hydroxyl groups is 1. The fourth-order valence-corrected chi connectivity index (χ4v) is 4.52. The molecule has 2 aromatic carbocycles. The molecule has 7 heteroatoms. The molecule has 4 aromatic rings. The maximum Gasteiger partial charge on any atom is 0.346 e. The molecule has 0 saturated carbocycles. The van der Waals surface area contributed by atoms with Gasteiger partial charge in [-0.05, 0) is 17.5 Å². The smallest absolute Gasteiger partial charge is 0.346 e. The van der Waals surface area contributed by atoms with E-state index < -0.39 is 11.8 Å². The number of aliphatic hydroxyl groups excluding tert-OH is 1. The number of hydrogen-bond acceptors (Lipinski definition) is 5. The number of benzene rings is 2. The normalized spacial score (nSPS) is 11.4. The molecule has 31 heavy (non-hydrogen) atoms. The molecule has 0 atom stereocenters. The van der Waals surface area contributed by atoms with Crippen molar-refractivity contribution >= 4 is 40.1 Å². The minimum atomic E-state index is -1.20. The van der Waals surface area contributed by atoms with Gasteiger partial charge in [0.2, 0.25) is 5.78 Å². The van der Waals surface area contributed by atoms with E-state index >= 15 is 0 Å². The molecular formula is C24H19NO5S. The molecule has 0 unspecified atom stereocenters. The Morgan fingerprint density at radius 3 is 2.52 bits per heavy atom. The number of para-hydroxylation sites is 1. The molecule has 0 bridgehead atoms. The molecule has 0 radical (unpaired) electrons. The molecule has 4 N–H and O–H groups in total. The monoisotopic (exact) mass is 433 g/mol. The fraction of sp³-hybridized carbons (Fsp3) is 0.0833. The van der Waals surface area contributed by atoms with E-state index in [9.17, 15) is 19.8 Å². The first-order valence-electron chi connectivity index (χ1n) is 9.59. The van der Waals surface area contributed by atoms with Crippen LogP contribution in [0.4, 0.5) is 0 Å². The lowest BCUT2D eigenvalue weighted by Gasteiger charge is -2.03. The van der Waals surface area contributed by atoms with Gasteiger partial charge in [-0.1, -0.05) is 60.7 Å². The zero-order chi connectivity index (χ0) is 22.0. The number of nitrogens with one attached hydrogen (secondary N) is 1. The number of aromatic hydroxyl groups is 1. The van der Waals surface area contributed by atoms with Gasteiger partial charge in [-0.3, -0.25) is 4.79 Å². The van der Waals surface area contributed by atoms with E-state index in [-0.39, 0.29) is 27.7 Å². The van der Waals surface area contributed by atoms with Crippen LogP contribution in [-0.2, 0) is 0 Å². The molecule has 0 saturated heterocycles. The highest BCUT2D eigenvalue weighted by Gasteiger charge is 2.28. The van der Waals surface area contributed by atoms with Crippen LogP contribution < -0.4 is 0 Å². The van der Waals surface area contributed by atoms with Crippen LogP contribution in [-0.4, -0.2) is 38.7 Å². The summed E-state index contributed by atoms with van der Waals surface area (Å²) in [6.45, 7) is 0.0499. The van der Waals surface area contributed by atoms with E-state index in [1.54, 1.807) is 42.6 Å². The molecule has 6 nitrogen and oxygen atoms in total. The second-order valence-corrected chi connectivity index (χ2v) is 7.89. The standard InChI is InChI=1S/C24H19NO5S/c26-12-5-4-9-15-10-6-11-16-17(13-25-19(15)16)20(27)23-21(28)18(22(31-23)24(29)30)14-7-2-1-3-8-14/h1-4,6-11,13,25-26,28H,5,12H2,(H,29,30)/b9-4+. The topological polar surface area (TPSA) is 111 Å². The lowest BCUT2D eigenvalue weighted by Crippen LogP contribution is -1.98. The number of carbonyl (C=O) groups is 2. The summed E-state index contributed by atoms with van der Waals surface area (Å²) in [5.74, 6) is -1.98. The number of aromatic nitrogens is 1. The Balaban J connectivity index is 1.82. The Morgan fingerprint density at radius 1 is 1.03 bits per heavy atom. The van der Waals surface area contributed by atoms with Crippen molar-refractivity contribution in [1.29, 1.82) is 0 Å². The average Bonchev–Trinajstić information content (AvgIpc) is 3.36. The molecule has 0 aliphatic rings. The number of H-pyrrole nitrogens is 1. The first-order valence-corrected chi connectivity index (χ1v) is 10.4. The van der Waals surface area contributed by atoms with Gasteiger partial charge in [-0.15, -0.1) is 11.3 Å². The third kappa shape index (κ3) is 3.76. The molecule has 0 aliphatic carbocycles. The molecule has 156 valence electrons. The fourth-order valence-electron chi connectivity index (χ4n) is 3.51. The number of hydrogen-bond donors (Lipinski definition) is 4. The van der Waals surface area contributed by atoms with Crippen LogP contribution in [0.15, 0.2) is 60.8 Å². The van der Waals surface area contributed by atoms with E-state index in [0.29, 0.717) is 22.9 Å². The number of carboxylic acids is 1. The van der Waals surface area contributed by atoms with Crippen molar-refractivity contribution in [2.45, 2.75) is 6.42 Å². The quantitative estimate of drug-likeness (QED) is 0.309. The van der Waals surface area contributed by atoms with Crippen molar-refractivity contribution in [2.24, 2.45) is 0 Å². The second kappa shape index (κ2) is 8.59. The number of aromatic carboxylic acids is 1. The molecule has 2 aromatic heterocycles. The highest BCUT2D eigenvalue weighted by molar-refractivity contribution is 7.17. The maximum atomic E-state index is 13.3. The van der Waals surface area contributed by atoms with Gasteiger partial charge in [0.25, 0.3) is 0 Å². The summed E-state index contributed by atoms with van der Waals surface area (Å²) < 4.78 is 0. The van der Waals surface area contributed by atoms with E-state index in [2.05, 4.69) is 4.98 Å². The minimum absolute atomic E-state index is 0.0154. The van der Waals surface area contributed by atoms with Gasteiger partial charge < -0.3 is 20.3 Å². The van der Waals surface area contributed by atoms with Crippen LogP contribution in [0.25, 0.3) is 28.1 Å². The SMILES string of the molecule is O=C(O)c1sc(C(=O)c2c[nH]c3c(/C=C/CCO)cccc23)c(O)c1-c1ccccc1. The van der Waals surface area contributed by atoms with Crippen LogP contribution in [0.1, 0.15) is 36.9 Å². The summed E-state index contributed by atoms with van der Waals surface area (Å²) >= 11 is 0.770. The van der Waals surface area contributed by atoms with Crippen molar-refractivity contribution in [1.82, 2.24) is 4.98 Å². The summed E-state index contributed by atoms with van der Waals surface area (Å²) in [5.41, 5.74) is 2.63. The summed E-state index contributed by atoms with van der Waals surface area (Å²) in [5, 5.41) is 30.1. The molecular weight excluding hydrogens is 414 g/mol. The summed E-state index contributed by atoms with van der Waals surface area (Å²) in [6.07, 6.45) is 5.79. The average molecular weight is 433 g/mol. The predicted octanol–water partition coefficient (Wildman–Crippen LogP) is 4.93. The zero-order valence-corrected chi connectivity index (χ0v) is 17.1. The Morgan fingerprint density at radius 2 is 1.81 bits per heavy atom. The Labute approximate surface area is 181 Å². The van der Waals surface area contributed by atoms with Crippen LogP contribution in [0.2, 0.25) is 0 Å². The van der Waals surface area contributed by atoms with E-state index in [0.717, 1.165) is 22.4 Å². The zero-order valence-electron chi connectivity index (χ0n) is 16.3. The van der Waals surface area contributed by atoms with E-state index in [4.69, 9.17) is 5.11 Å². The van der Waals surface area contributed by atoms with Gasteiger partial charge in [0.05, 0.1) is 5.52 Å². The molecule has 2 heterocycles. The van der Waals surface area contributed by atoms with Crippen molar-refractivity contribution < 1.29 is 24.9 Å². The minimum Gasteiger partial charge on any atom is -0.506 e. The van der Waals surface area contributed by atoms with Crippen molar-refractivity contribution in [2.75, 3.05) is 6.61 Å². The molecule has 4 rings (SSSR count). The van der Waals surface area contributed by atoms with E-state index in [1.807, 2.05) is 24.3 Å². The second-order valence-electron chi connectivity index (χ2n) is 6.87. The van der Waals surface area contributed by atoms with Crippen LogP contribution in [0, 0.1) is 0 Å². The van der Waals surface area contributed by atoms with Crippen molar-refractivity contribution in [3.8, 4) is 16.9 Å². The summed E-state index contributed by atoms with van der Waals surface area (Å²) in [4.78, 5) is 28.1. The van der Waals surface area contributed by atoms with Gasteiger partial charge in [0.15, 0.2) is 0 Å². The predicted molar refractivity (Wildman–Crippen MR) is 121 cm³/mol. The summed E-state index contributed by atoms with van der Waals surface area (Å²) in [7, 11) is 0. The lowest BCUT2D eigenvalue weighted by atomic mass is 10.0. The highest BCUT2D eigenvalue weighted by atomic mass is 32.1. The van der Waals surface area contributed by atoms with Crippen LogP contribution in [0.3, 0.4) is 0 Å². The van der Waals surface area contributed by atoms with Gasteiger partial charge >= 0.3 is 5.97 Å². The molecule has 0 spiro atoms.